The number of rotatable bonds is 5. The summed E-state index contributed by atoms with van der Waals surface area (Å²) in [6.45, 7) is 2.67. The molecule has 0 aromatic heterocycles. The van der Waals surface area contributed by atoms with Crippen molar-refractivity contribution in [3.05, 3.63) is 102 Å². The van der Waals surface area contributed by atoms with Crippen molar-refractivity contribution in [3.63, 3.8) is 0 Å². The highest BCUT2D eigenvalue weighted by molar-refractivity contribution is 9.10. The molecule has 0 saturated heterocycles. The zero-order valence-corrected chi connectivity index (χ0v) is 14.7. The third-order valence-electron chi connectivity index (χ3n) is 3.91. The van der Waals surface area contributed by atoms with Crippen molar-refractivity contribution in [3.8, 4) is 5.75 Å². The summed E-state index contributed by atoms with van der Waals surface area (Å²) >= 11 is 4.03. The topological polar surface area (TPSA) is 9.23 Å². The smallest absolute Gasteiger partial charge is 0.119 e. The van der Waals surface area contributed by atoms with Crippen molar-refractivity contribution >= 4 is 15.9 Å². The summed E-state index contributed by atoms with van der Waals surface area (Å²) in [5.74, 6) is 0.896. The minimum atomic E-state index is -0.375. The molecule has 0 amide bonds. The number of ether oxygens (including phenoxy) is 1. The first-order chi connectivity index (χ1) is 11.2. The summed E-state index contributed by atoms with van der Waals surface area (Å²) < 4.78 is 5.19. The van der Waals surface area contributed by atoms with E-state index in [0.717, 1.165) is 5.75 Å². The Bertz CT molecular complexity index is 696. The highest BCUT2D eigenvalue weighted by Gasteiger charge is 2.33. The minimum absolute atomic E-state index is 0.375. The summed E-state index contributed by atoms with van der Waals surface area (Å²) in [6.07, 6.45) is 0. The van der Waals surface area contributed by atoms with E-state index in [1.807, 2.05) is 31.2 Å². The maximum absolute atomic E-state index is 5.57. The van der Waals surface area contributed by atoms with Gasteiger partial charge < -0.3 is 4.74 Å². The Morgan fingerprint density at radius 1 is 0.696 bits per heavy atom. The Hall–Kier alpha value is -2.06. The van der Waals surface area contributed by atoms with Gasteiger partial charge in [0.1, 0.15) is 10.1 Å². The Morgan fingerprint density at radius 2 is 1.13 bits per heavy atom. The lowest BCUT2D eigenvalue weighted by atomic mass is 9.85. The van der Waals surface area contributed by atoms with Crippen LogP contribution in [0.2, 0.25) is 0 Å². The van der Waals surface area contributed by atoms with Gasteiger partial charge in [-0.3, -0.25) is 0 Å². The van der Waals surface area contributed by atoms with Crippen molar-refractivity contribution in [2.75, 3.05) is 6.61 Å². The molecular weight excluding hydrogens is 348 g/mol. The Morgan fingerprint density at radius 3 is 1.57 bits per heavy atom. The molecular formula is C21H19BrO. The molecule has 0 bridgehead atoms. The average molecular weight is 367 g/mol. The van der Waals surface area contributed by atoms with E-state index in [2.05, 4.69) is 76.6 Å². The summed E-state index contributed by atoms with van der Waals surface area (Å²) in [5.41, 5.74) is 3.59. The number of hydrogen-bond donors (Lipinski definition) is 0. The maximum Gasteiger partial charge on any atom is 0.119 e. The molecule has 0 fully saturated rings. The monoisotopic (exact) mass is 366 g/mol. The van der Waals surface area contributed by atoms with Gasteiger partial charge in [-0.2, -0.15) is 0 Å². The third-order valence-corrected chi connectivity index (χ3v) is 5.28. The van der Waals surface area contributed by atoms with E-state index in [4.69, 9.17) is 4.74 Å². The molecule has 1 nitrogen and oxygen atoms in total. The summed E-state index contributed by atoms with van der Waals surface area (Å²) in [6, 6.07) is 29.3. The summed E-state index contributed by atoms with van der Waals surface area (Å²) in [4.78, 5) is 0. The van der Waals surface area contributed by atoms with E-state index in [1.165, 1.54) is 16.7 Å². The molecule has 3 aromatic carbocycles. The van der Waals surface area contributed by atoms with Crippen LogP contribution in [-0.4, -0.2) is 6.61 Å². The van der Waals surface area contributed by atoms with Gasteiger partial charge >= 0.3 is 0 Å². The molecule has 0 unspecified atom stereocenters. The molecule has 0 radical (unpaired) electrons. The Kier molecular flexibility index (Phi) is 4.82. The van der Waals surface area contributed by atoms with Gasteiger partial charge in [-0.25, -0.2) is 0 Å². The van der Waals surface area contributed by atoms with Crippen LogP contribution in [0.3, 0.4) is 0 Å². The number of benzene rings is 3. The van der Waals surface area contributed by atoms with Crippen LogP contribution in [0, 0.1) is 0 Å². The van der Waals surface area contributed by atoms with Gasteiger partial charge in [-0.15, -0.1) is 0 Å². The molecule has 23 heavy (non-hydrogen) atoms. The molecule has 0 aliphatic rings. The second-order valence-electron chi connectivity index (χ2n) is 5.35. The quantitative estimate of drug-likeness (QED) is 0.411. The number of hydrogen-bond acceptors (Lipinski definition) is 1. The van der Waals surface area contributed by atoms with Crippen LogP contribution in [0.5, 0.6) is 5.75 Å². The molecule has 0 N–H and O–H groups in total. The van der Waals surface area contributed by atoms with Gasteiger partial charge in [0.2, 0.25) is 0 Å². The molecule has 0 aliphatic carbocycles. The van der Waals surface area contributed by atoms with Crippen LogP contribution in [0.15, 0.2) is 84.9 Å². The largest absolute Gasteiger partial charge is 0.494 e. The molecule has 0 saturated carbocycles. The first-order valence-electron chi connectivity index (χ1n) is 7.78. The van der Waals surface area contributed by atoms with Crippen molar-refractivity contribution in [1.29, 1.82) is 0 Å². The molecule has 3 rings (SSSR count). The third kappa shape index (κ3) is 3.18. The SMILES string of the molecule is CCOc1ccc(C(Br)(c2ccccc2)c2ccccc2)cc1. The van der Waals surface area contributed by atoms with Gasteiger partial charge in [0.25, 0.3) is 0 Å². The van der Waals surface area contributed by atoms with Gasteiger partial charge in [0, 0.05) is 0 Å². The second-order valence-corrected chi connectivity index (χ2v) is 6.54. The fourth-order valence-corrected chi connectivity index (χ4v) is 3.58. The lowest BCUT2D eigenvalue weighted by Gasteiger charge is -2.29. The van der Waals surface area contributed by atoms with Crippen molar-refractivity contribution in [2.24, 2.45) is 0 Å². The van der Waals surface area contributed by atoms with Crippen LogP contribution in [-0.2, 0) is 4.32 Å². The molecule has 0 heterocycles. The van der Waals surface area contributed by atoms with Gasteiger partial charge in [0.05, 0.1) is 6.61 Å². The highest BCUT2D eigenvalue weighted by Crippen LogP contribution is 2.44. The predicted molar refractivity (Wildman–Crippen MR) is 99.3 cm³/mol. The molecule has 116 valence electrons. The zero-order valence-electron chi connectivity index (χ0n) is 13.1. The Balaban J connectivity index is 2.13. The van der Waals surface area contributed by atoms with Crippen molar-refractivity contribution in [1.82, 2.24) is 0 Å². The van der Waals surface area contributed by atoms with E-state index in [-0.39, 0.29) is 4.32 Å². The van der Waals surface area contributed by atoms with Gasteiger partial charge in [0.15, 0.2) is 0 Å². The van der Waals surface area contributed by atoms with Crippen LogP contribution in [0.25, 0.3) is 0 Å². The molecule has 0 atom stereocenters. The number of alkyl halides is 1. The van der Waals surface area contributed by atoms with E-state index in [1.54, 1.807) is 0 Å². The normalized spacial score (nSPS) is 11.2. The van der Waals surface area contributed by atoms with Crippen molar-refractivity contribution in [2.45, 2.75) is 11.2 Å². The summed E-state index contributed by atoms with van der Waals surface area (Å²) in [5, 5.41) is 0. The Labute approximate surface area is 146 Å². The van der Waals surface area contributed by atoms with Crippen LogP contribution < -0.4 is 4.74 Å². The summed E-state index contributed by atoms with van der Waals surface area (Å²) in [7, 11) is 0. The lowest BCUT2D eigenvalue weighted by Crippen LogP contribution is -2.21. The van der Waals surface area contributed by atoms with Crippen LogP contribution in [0.4, 0.5) is 0 Å². The molecule has 3 aromatic rings. The highest BCUT2D eigenvalue weighted by atomic mass is 79.9. The first-order valence-corrected chi connectivity index (χ1v) is 8.57. The van der Waals surface area contributed by atoms with Gasteiger partial charge in [-0.1, -0.05) is 88.7 Å². The van der Waals surface area contributed by atoms with Crippen LogP contribution in [0.1, 0.15) is 23.6 Å². The molecule has 0 spiro atoms. The van der Waals surface area contributed by atoms with E-state index >= 15 is 0 Å². The average Bonchev–Trinajstić information content (AvgIpc) is 2.63. The fourth-order valence-electron chi connectivity index (χ4n) is 2.78. The first kappa shape index (κ1) is 15.8. The van der Waals surface area contributed by atoms with E-state index in [0.29, 0.717) is 6.61 Å². The van der Waals surface area contributed by atoms with Crippen molar-refractivity contribution < 1.29 is 4.74 Å². The van der Waals surface area contributed by atoms with E-state index < -0.39 is 0 Å². The second kappa shape index (κ2) is 7.01. The van der Waals surface area contributed by atoms with Gasteiger partial charge in [-0.05, 0) is 35.7 Å². The standard InChI is InChI=1S/C21H19BrO/c1-2-23-20-15-13-19(14-16-20)21(22,17-9-5-3-6-10-17)18-11-7-4-8-12-18/h3-16H,2H2,1H3. The molecule has 2 heteroatoms. The molecule has 0 aliphatic heterocycles. The zero-order chi connectivity index (χ0) is 16.1. The number of halogens is 1. The fraction of sp³-hybridized carbons (Fsp3) is 0.143. The minimum Gasteiger partial charge on any atom is -0.494 e. The maximum atomic E-state index is 5.57. The lowest BCUT2D eigenvalue weighted by molar-refractivity contribution is 0.340. The predicted octanol–water partition coefficient (Wildman–Crippen LogP) is 5.77. The van der Waals surface area contributed by atoms with Crippen LogP contribution >= 0.6 is 15.9 Å². The van der Waals surface area contributed by atoms with E-state index in [9.17, 15) is 0 Å².